The van der Waals surface area contributed by atoms with Crippen molar-refractivity contribution >= 4 is 5.96 Å². The minimum atomic E-state index is 0.817. The maximum absolute atomic E-state index is 4.68. The van der Waals surface area contributed by atoms with Gasteiger partial charge in [-0.05, 0) is 59.2 Å². The number of nitrogens with one attached hydrogen (secondary N) is 2. The van der Waals surface area contributed by atoms with E-state index in [9.17, 15) is 0 Å². The third kappa shape index (κ3) is 6.51. The zero-order valence-electron chi connectivity index (χ0n) is 15.6. The van der Waals surface area contributed by atoms with Gasteiger partial charge in [0.25, 0.3) is 0 Å². The Morgan fingerprint density at radius 2 is 1.96 bits per heavy atom. The molecule has 1 aromatic rings. The fourth-order valence-corrected chi connectivity index (χ4v) is 3.17. The van der Waals surface area contributed by atoms with Gasteiger partial charge in [0.1, 0.15) is 0 Å². The summed E-state index contributed by atoms with van der Waals surface area (Å²) in [6.07, 6.45) is 5.09. The van der Waals surface area contributed by atoms with Gasteiger partial charge >= 0.3 is 0 Å². The molecular weight excluding hydrogens is 300 g/mol. The average molecular weight is 335 g/mol. The molecule has 0 radical (unpaired) electrons. The van der Waals surface area contributed by atoms with Gasteiger partial charge in [0.05, 0.1) is 5.69 Å². The molecule has 0 unspecified atom stereocenters. The van der Waals surface area contributed by atoms with Crippen LogP contribution in [0.5, 0.6) is 0 Å². The molecule has 2 N–H and O–H groups in total. The summed E-state index contributed by atoms with van der Waals surface area (Å²) >= 11 is 0. The number of guanidine groups is 1. The van der Waals surface area contributed by atoms with E-state index in [1.54, 1.807) is 0 Å². The Kier molecular flexibility index (Phi) is 8.08. The van der Waals surface area contributed by atoms with E-state index >= 15 is 0 Å². The second kappa shape index (κ2) is 10.3. The molecule has 0 atom stereocenters. The molecule has 0 amide bonds. The number of hydrogen-bond donors (Lipinski definition) is 2. The topological polar surface area (TPSA) is 57.5 Å². The largest absolute Gasteiger partial charge is 0.357 e. The number of aryl methyl sites for hydroxylation is 3. The van der Waals surface area contributed by atoms with Crippen LogP contribution in [0.3, 0.4) is 0 Å². The number of aromatic nitrogens is 2. The van der Waals surface area contributed by atoms with Crippen molar-refractivity contribution in [3.63, 3.8) is 0 Å². The smallest absolute Gasteiger partial charge is 0.191 e. The van der Waals surface area contributed by atoms with Crippen LogP contribution < -0.4 is 10.6 Å². The van der Waals surface area contributed by atoms with Gasteiger partial charge < -0.3 is 15.5 Å². The van der Waals surface area contributed by atoms with Crippen LogP contribution in [-0.4, -0.2) is 59.9 Å². The Morgan fingerprint density at radius 3 is 2.62 bits per heavy atom. The molecular formula is C18H34N6. The zero-order valence-corrected chi connectivity index (χ0v) is 15.6. The fourth-order valence-electron chi connectivity index (χ4n) is 3.17. The van der Waals surface area contributed by atoms with E-state index < -0.39 is 0 Å². The second-order valence-corrected chi connectivity index (χ2v) is 6.59. The van der Waals surface area contributed by atoms with Crippen molar-refractivity contribution < 1.29 is 0 Å². The van der Waals surface area contributed by atoms with Crippen molar-refractivity contribution in [2.45, 2.75) is 53.0 Å². The monoisotopic (exact) mass is 334 g/mol. The molecule has 6 nitrogen and oxygen atoms in total. The normalized spacial score (nSPS) is 16.4. The molecule has 1 aliphatic rings. The van der Waals surface area contributed by atoms with Crippen molar-refractivity contribution in [1.82, 2.24) is 25.3 Å². The van der Waals surface area contributed by atoms with E-state index in [0.29, 0.717) is 0 Å². The van der Waals surface area contributed by atoms with Gasteiger partial charge in [0, 0.05) is 38.4 Å². The predicted octanol–water partition coefficient (Wildman–Crippen LogP) is 1.93. The first-order chi connectivity index (χ1) is 11.7. The first-order valence-corrected chi connectivity index (χ1v) is 9.44. The molecule has 1 aromatic heterocycles. The van der Waals surface area contributed by atoms with Crippen LogP contribution in [0.15, 0.2) is 11.1 Å². The third-order valence-corrected chi connectivity index (χ3v) is 4.41. The average Bonchev–Trinajstić information content (AvgIpc) is 2.90. The molecule has 24 heavy (non-hydrogen) atoms. The summed E-state index contributed by atoms with van der Waals surface area (Å²) in [6.45, 7) is 13.5. The Balaban J connectivity index is 1.68. The molecule has 136 valence electrons. The molecule has 0 saturated carbocycles. The van der Waals surface area contributed by atoms with Crippen LogP contribution in [0.2, 0.25) is 0 Å². The predicted molar refractivity (Wildman–Crippen MR) is 101 cm³/mol. The molecule has 0 bridgehead atoms. The lowest BCUT2D eigenvalue weighted by atomic mass is 10.1. The summed E-state index contributed by atoms with van der Waals surface area (Å²) in [5, 5.41) is 11.3. The van der Waals surface area contributed by atoms with Gasteiger partial charge in [-0.1, -0.05) is 6.42 Å². The van der Waals surface area contributed by atoms with E-state index in [-0.39, 0.29) is 0 Å². The van der Waals surface area contributed by atoms with Gasteiger partial charge in [-0.15, -0.1) is 0 Å². The van der Waals surface area contributed by atoms with Gasteiger partial charge in [-0.2, -0.15) is 5.10 Å². The van der Waals surface area contributed by atoms with E-state index in [0.717, 1.165) is 50.8 Å². The first kappa shape index (κ1) is 18.8. The van der Waals surface area contributed by atoms with Gasteiger partial charge in [-0.25, -0.2) is 0 Å². The lowest BCUT2D eigenvalue weighted by Gasteiger charge is -2.26. The molecule has 2 heterocycles. The Bertz CT molecular complexity index is 502. The van der Waals surface area contributed by atoms with Gasteiger partial charge in [0.15, 0.2) is 5.96 Å². The minimum Gasteiger partial charge on any atom is -0.357 e. The SMILES string of the molecule is CCNC(=NCCCn1nc(C)cc1C)NCCN1CCCCC1. The maximum atomic E-state index is 4.68. The lowest BCUT2D eigenvalue weighted by Crippen LogP contribution is -2.42. The lowest BCUT2D eigenvalue weighted by molar-refractivity contribution is 0.232. The summed E-state index contributed by atoms with van der Waals surface area (Å²) in [5.41, 5.74) is 2.31. The van der Waals surface area contributed by atoms with Crippen LogP contribution in [0.4, 0.5) is 0 Å². The highest BCUT2D eigenvalue weighted by Crippen LogP contribution is 2.07. The number of likely N-dealkylation sites (tertiary alicyclic amines) is 1. The van der Waals surface area contributed by atoms with E-state index in [2.05, 4.69) is 50.2 Å². The highest BCUT2D eigenvalue weighted by atomic mass is 15.3. The second-order valence-electron chi connectivity index (χ2n) is 6.59. The fraction of sp³-hybridized carbons (Fsp3) is 0.778. The Morgan fingerprint density at radius 1 is 1.17 bits per heavy atom. The summed E-state index contributed by atoms with van der Waals surface area (Å²) in [6, 6.07) is 2.12. The van der Waals surface area contributed by atoms with E-state index in [1.807, 2.05) is 6.92 Å². The van der Waals surface area contributed by atoms with Gasteiger partial charge in [0.2, 0.25) is 0 Å². The summed E-state index contributed by atoms with van der Waals surface area (Å²) in [4.78, 5) is 7.23. The standard InChI is InChI=1S/C18H34N6/c1-4-19-18(21-10-14-23-11-6-5-7-12-23)20-9-8-13-24-17(3)15-16(2)22-24/h15H,4-14H2,1-3H3,(H2,19,20,21). The van der Waals surface area contributed by atoms with Crippen LogP contribution >= 0.6 is 0 Å². The molecule has 1 fully saturated rings. The maximum Gasteiger partial charge on any atom is 0.191 e. The third-order valence-electron chi connectivity index (χ3n) is 4.41. The van der Waals surface area contributed by atoms with Crippen molar-refractivity contribution in [2.24, 2.45) is 4.99 Å². The molecule has 2 rings (SSSR count). The minimum absolute atomic E-state index is 0.817. The summed E-state index contributed by atoms with van der Waals surface area (Å²) in [5.74, 6) is 0.933. The highest BCUT2D eigenvalue weighted by molar-refractivity contribution is 5.79. The van der Waals surface area contributed by atoms with E-state index in [4.69, 9.17) is 0 Å². The van der Waals surface area contributed by atoms with Crippen LogP contribution in [-0.2, 0) is 6.54 Å². The molecule has 6 heteroatoms. The molecule has 1 saturated heterocycles. The summed E-state index contributed by atoms with van der Waals surface area (Å²) in [7, 11) is 0. The molecule has 0 spiro atoms. The Hall–Kier alpha value is -1.56. The number of rotatable bonds is 8. The zero-order chi connectivity index (χ0) is 17.2. The van der Waals surface area contributed by atoms with Crippen molar-refractivity contribution in [2.75, 3.05) is 39.3 Å². The van der Waals surface area contributed by atoms with Crippen LogP contribution in [0.1, 0.15) is 44.0 Å². The van der Waals surface area contributed by atoms with Crippen LogP contribution in [0.25, 0.3) is 0 Å². The number of aliphatic imine (C=N–C) groups is 1. The van der Waals surface area contributed by atoms with Crippen molar-refractivity contribution in [3.05, 3.63) is 17.5 Å². The highest BCUT2D eigenvalue weighted by Gasteiger charge is 2.09. The summed E-state index contributed by atoms with van der Waals surface area (Å²) < 4.78 is 2.07. The number of hydrogen-bond acceptors (Lipinski definition) is 3. The molecule has 1 aliphatic heterocycles. The quantitative estimate of drug-likeness (QED) is 0.433. The molecule has 0 aromatic carbocycles. The molecule has 0 aliphatic carbocycles. The number of piperidine rings is 1. The Labute approximate surface area is 146 Å². The number of nitrogens with zero attached hydrogens (tertiary/aromatic N) is 4. The first-order valence-electron chi connectivity index (χ1n) is 9.44. The van der Waals surface area contributed by atoms with Gasteiger partial charge in [-0.3, -0.25) is 9.67 Å². The van der Waals surface area contributed by atoms with Crippen molar-refractivity contribution in [3.8, 4) is 0 Å². The van der Waals surface area contributed by atoms with Crippen molar-refractivity contribution in [1.29, 1.82) is 0 Å². The van der Waals surface area contributed by atoms with Crippen LogP contribution in [0, 0.1) is 13.8 Å². The van der Waals surface area contributed by atoms with E-state index in [1.165, 1.54) is 38.0 Å².